The number of anilines is 1. The van der Waals surface area contributed by atoms with Crippen molar-refractivity contribution in [3.63, 3.8) is 0 Å². The first-order valence-electron chi connectivity index (χ1n) is 8.54. The van der Waals surface area contributed by atoms with Crippen molar-refractivity contribution < 1.29 is 13.2 Å². The van der Waals surface area contributed by atoms with E-state index >= 15 is 0 Å². The second-order valence-electron chi connectivity index (χ2n) is 6.76. The van der Waals surface area contributed by atoms with Crippen molar-refractivity contribution in [1.29, 1.82) is 0 Å². The molecule has 3 heterocycles. The van der Waals surface area contributed by atoms with E-state index in [4.69, 9.17) is 0 Å². The molecule has 0 saturated carbocycles. The van der Waals surface area contributed by atoms with Crippen LogP contribution in [0.1, 0.15) is 16.8 Å². The predicted octanol–water partition coefficient (Wildman–Crippen LogP) is 2.41. The molecule has 2 aliphatic heterocycles. The van der Waals surface area contributed by atoms with E-state index in [0.29, 0.717) is 25.2 Å². The number of aromatic amines is 1. The fourth-order valence-corrected chi connectivity index (χ4v) is 5.35. The molecule has 7 heteroatoms. The molecule has 0 spiro atoms. The van der Waals surface area contributed by atoms with E-state index < -0.39 is 10.0 Å². The molecule has 0 radical (unpaired) electrons. The lowest BCUT2D eigenvalue weighted by molar-refractivity contribution is -0.115. The first-order valence-corrected chi connectivity index (χ1v) is 9.98. The van der Waals surface area contributed by atoms with Crippen molar-refractivity contribution >= 4 is 32.5 Å². The minimum atomic E-state index is -3.61. The van der Waals surface area contributed by atoms with Gasteiger partial charge in [0.25, 0.3) is 0 Å². The Morgan fingerprint density at radius 3 is 2.81 bits per heavy atom. The summed E-state index contributed by atoms with van der Waals surface area (Å²) >= 11 is 0. The number of fused-ring (bicyclic) bond motifs is 4. The third-order valence-corrected chi connectivity index (χ3v) is 7.03. The Balaban J connectivity index is 1.50. The first kappa shape index (κ1) is 15.6. The molecule has 0 saturated heterocycles. The number of hydrogen-bond acceptors (Lipinski definition) is 3. The first-order chi connectivity index (χ1) is 12.5. The number of carbonyl (C=O) groups is 1. The van der Waals surface area contributed by atoms with Crippen LogP contribution >= 0.6 is 0 Å². The molecule has 132 valence electrons. The number of nitrogens with zero attached hydrogens (tertiary/aromatic N) is 1. The summed E-state index contributed by atoms with van der Waals surface area (Å²) in [7, 11) is -3.61. The second kappa shape index (κ2) is 5.43. The quantitative estimate of drug-likeness (QED) is 0.730. The van der Waals surface area contributed by atoms with Crippen molar-refractivity contribution in [3.8, 4) is 0 Å². The van der Waals surface area contributed by atoms with Gasteiger partial charge in [-0.05, 0) is 41.8 Å². The molecule has 1 aromatic heterocycles. The van der Waals surface area contributed by atoms with Gasteiger partial charge in [0, 0.05) is 28.8 Å². The van der Waals surface area contributed by atoms with Crippen LogP contribution in [0, 0.1) is 0 Å². The van der Waals surface area contributed by atoms with E-state index in [9.17, 15) is 13.2 Å². The van der Waals surface area contributed by atoms with Crippen molar-refractivity contribution in [1.82, 2.24) is 9.29 Å². The van der Waals surface area contributed by atoms with E-state index in [-0.39, 0.29) is 17.2 Å². The molecular formula is C19H17N3O3S. The minimum absolute atomic E-state index is 0.102. The predicted molar refractivity (Wildman–Crippen MR) is 98.4 cm³/mol. The average molecular weight is 367 g/mol. The van der Waals surface area contributed by atoms with Crippen LogP contribution in [-0.2, 0) is 34.2 Å². The topological polar surface area (TPSA) is 82.3 Å². The van der Waals surface area contributed by atoms with Gasteiger partial charge < -0.3 is 10.3 Å². The number of H-pyrrole nitrogens is 1. The van der Waals surface area contributed by atoms with Gasteiger partial charge in [0.15, 0.2) is 0 Å². The SMILES string of the molecule is O=C1Cc2cc(S(=O)(=O)N3CCc4c([nH]c5ccccc45)C3)ccc2N1. The number of hydrogen-bond donors (Lipinski definition) is 2. The van der Waals surface area contributed by atoms with Crippen LogP contribution in [0.5, 0.6) is 0 Å². The lowest BCUT2D eigenvalue weighted by Gasteiger charge is -2.26. The number of para-hydroxylation sites is 1. The molecule has 2 aromatic carbocycles. The Morgan fingerprint density at radius 2 is 1.92 bits per heavy atom. The molecule has 0 aliphatic carbocycles. The second-order valence-corrected chi connectivity index (χ2v) is 8.70. The van der Waals surface area contributed by atoms with Crippen molar-refractivity contribution in [2.45, 2.75) is 24.3 Å². The number of amides is 1. The number of carbonyl (C=O) groups excluding carboxylic acids is 1. The highest BCUT2D eigenvalue weighted by atomic mass is 32.2. The molecule has 3 aromatic rings. The molecule has 1 amide bonds. The standard InChI is InChI=1S/C19H17N3O3S/c23-19-10-12-9-13(5-6-16(12)21-19)26(24,25)22-8-7-15-14-3-1-2-4-17(14)20-18(15)11-22/h1-6,9,20H,7-8,10-11H2,(H,21,23). The van der Waals surface area contributed by atoms with Crippen LogP contribution in [0.2, 0.25) is 0 Å². The Labute approximate surface area is 150 Å². The summed E-state index contributed by atoms with van der Waals surface area (Å²) in [5.74, 6) is -0.102. The maximum Gasteiger partial charge on any atom is 0.243 e. The maximum absolute atomic E-state index is 13.1. The summed E-state index contributed by atoms with van der Waals surface area (Å²) in [6.45, 7) is 0.784. The molecule has 2 N–H and O–H groups in total. The zero-order valence-corrected chi connectivity index (χ0v) is 14.8. The smallest absolute Gasteiger partial charge is 0.243 e. The highest BCUT2D eigenvalue weighted by molar-refractivity contribution is 7.89. The minimum Gasteiger partial charge on any atom is -0.357 e. The van der Waals surface area contributed by atoms with Gasteiger partial charge >= 0.3 is 0 Å². The number of benzene rings is 2. The zero-order valence-electron chi connectivity index (χ0n) is 14.0. The Hall–Kier alpha value is -2.64. The Bertz CT molecular complexity index is 1160. The lowest BCUT2D eigenvalue weighted by Crippen LogP contribution is -2.35. The molecule has 0 bridgehead atoms. The number of nitrogens with one attached hydrogen (secondary N) is 2. The number of aromatic nitrogens is 1. The van der Waals surface area contributed by atoms with Crippen LogP contribution in [0.25, 0.3) is 10.9 Å². The van der Waals surface area contributed by atoms with Crippen LogP contribution in [0.3, 0.4) is 0 Å². The van der Waals surface area contributed by atoms with Crippen molar-refractivity contribution in [2.24, 2.45) is 0 Å². The van der Waals surface area contributed by atoms with E-state index in [2.05, 4.69) is 16.4 Å². The molecule has 2 aliphatic rings. The lowest BCUT2D eigenvalue weighted by atomic mass is 10.1. The van der Waals surface area contributed by atoms with Crippen LogP contribution in [0.4, 0.5) is 5.69 Å². The fraction of sp³-hybridized carbons (Fsp3) is 0.211. The van der Waals surface area contributed by atoms with Crippen LogP contribution in [0.15, 0.2) is 47.4 Å². The summed E-state index contributed by atoms with van der Waals surface area (Å²) in [6, 6.07) is 12.9. The molecule has 6 nitrogen and oxygen atoms in total. The Morgan fingerprint density at radius 1 is 1.08 bits per heavy atom. The van der Waals surface area contributed by atoms with Gasteiger partial charge in [-0.15, -0.1) is 0 Å². The van der Waals surface area contributed by atoms with E-state index in [1.807, 2.05) is 18.2 Å². The fourth-order valence-electron chi connectivity index (χ4n) is 3.89. The maximum atomic E-state index is 13.1. The molecule has 0 fully saturated rings. The summed E-state index contributed by atoms with van der Waals surface area (Å²) in [4.78, 5) is 15.1. The zero-order chi connectivity index (χ0) is 17.9. The molecule has 26 heavy (non-hydrogen) atoms. The van der Waals surface area contributed by atoms with Crippen molar-refractivity contribution in [3.05, 3.63) is 59.3 Å². The average Bonchev–Trinajstić information content (AvgIpc) is 3.19. The number of sulfonamides is 1. The van der Waals surface area contributed by atoms with Gasteiger partial charge in [-0.1, -0.05) is 18.2 Å². The number of rotatable bonds is 2. The Kier molecular flexibility index (Phi) is 3.26. The van der Waals surface area contributed by atoms with Gasteiger partial charge in [0.2, 0.25) is 15.9 Å². The summed E-state index contributed by atoms with van der Waals surface area (Å²) in [5.41, 5.74) is 4.64. The summed E-state index contributed by atoms with van der Waals surface area (Å²) < 4.78 is 27.7. The van der Waals surface area contributed by atoms with Crippen molar-refractivity contribution in [2.75, 3.05) is 11.9 Å². The third-order valence-electron chi connectivity index (χ3n) is 5.19. The molecule has 0 unspecified atom stereocenters. The van der Waals surface area contributed by atoms with Crippen LogP contribution < -0.4 is 5.32 Å². The van der Waals surface area contributed by atoms with Gasteiger partial charge in [-0.25, -0.2) is 8.42 Å². The molecule has 0 atom stereocenters. The highest BCUT2D eigenvalue weighted by Crippen LogP contribution is 2.32. The van der Waals surface area contributed by atoms with E-state index in [1.165, 1.54) is 15.3 Å². The monoisotopic (exact) mass is 367 g/mol. The molecule has 5 rings (SSSR count). The van der Waals surface area contributed by atoms with Gasteiger partial charge in [-0.3, -0.25) is 4.79 Å². The normalized spacial score (nSPS) is 17.2. The van der Waals surface area contributed by atoms with Gasteiger partial charge in [-0.2, -0.15) is 4.31 Å². The summed E-state index contributed by atoms with van der Waals surface area (Å²) in [5, 5.41) is 3.90. The highest BCUT2D eigenvalue weighted by Gasteiger charge is 2.31. The van der Waals surface area contributed by atoms with Crippen LogP contribution in [-0.4, -0.2) is 30.2 Å². The van der Waals surface area contributed by atoms with Gasteiger partial charge in [0.1, 0.15) is 0 Å². The largest absolute Gasteiger partial charge is 0.357 e. The third kappa shape index (κ3) is 2.28. The summed E-state index contributed by atoms with van der Waals surface area (Å²) in [6.07, 6.45) is 0.911. The van der Waals surface area contributed by atoms with E-state index in [0.717, 1.165) is 16.8 Å². The van der Waals surface area contributed by atoms with E-state index in [1.54, 1.807) is 18.2 Å². The van der Waals surface area contributed by atoms with Gasteiger partial charge in [0.05, 0.1) is 17.9 Å². The molecular weight excluding hydrogens is 350 g/mol.